The molecule has 0 bridgehead atoms. The summed E-state index contributed by atoms with van der Waals surface area (Å²) in [6, 6.07) is 19.4. The lowest BCUT2D eigenvalue weighted by atomic mass is 10.0. The van der Waals surface area contributed by atoms with Crippen LogP contribution in [-0.2, 0) is 6.54 Å². The number of carbonyl (C=O) groups is 2. The molecule has 1 amide bonds. The van der Waals surface area contributed by atoms with Crippen molar-refractivity contribution in [1.82, 2.24) is 5.32 Å². The van der Waals surface area contributed by atoms with Crippen LogP contribution in [0, 0.1) is 0 Å². The number of hydrogen-bond donors (Lipinski definition) is 2. The molecule has 0 aromatic heterocycles. The Morgan fingerprint density at radius 2 is 1.78 bits per heavy atom. The van der Waals surface area contributed by atoms with Crippen molar-refractivity contribution in [2.45, 2.75) is 6.54 Å². The summed E-state index contributed by atoms with van der Waals surface area (Å²) in [5, 5.41) is 12.5. The molecule has 2 N–H and O–H groups in total. The maximum atomic E-state index is 12.5. The first-order valence-electron chi connectivity index (χ1n) is 8.40. The highest BCUT2D eigenvalue weighted by molar-refractivity contribution is 5.95. The number of phenolic OH excluding ortho intramolecular Hbond substituents is 1. The summed E-state index contributed by atoms with van der Waals surface area (Å²) in [5.74, 6) is 0.505. The average Bonchev–Trinajstić information content (AvgIpc) is 2.72. The van der Waals surface area contributed by atoms with Crippen LogP contribution >= 0.6 is 0 Å². The molecule has 5 heteroatoms. The van der Waals surface area contributed by atoms with E-state index in [9.17, 15) is 14.7 Å². The number of methoxy groups -OCH3 is 1. The number of amides is 1. The molecule has 0 unspecified atom stereocenters. The van der Waals surface area contributed by atoms with Gasteiger partial charge in [-0.05, 0) is 53.1 Å². The molecule has 27 heavy (non-hydrogen) atoms. The minimum atomic E-state index is -0.193. The Morgan fingerprint density at radius 3 is 2.48 bits per heavy atom. The van der Waals surface area contributed by atoms with Gasteiger partial charge in [0.1, 0.15) is 11.5 Å². The van der Waals surface area contributed by atoms with Gasteiger partial charge in [-0.3, -0.25) is 9.59 Å². The standard InChI is InChI=1S/C22H19NO4/c1-27-20-8-5-15(6-9-20)13-23-22(26)18-4-2-3-16(11-18)17-7-10-21(25)19(12-17)14-24/h2-12,14,25H,13H2,1H3,(H,23,26). The van der Waals surface area contributed by atoms with Crippen molar-refractivity contribution in [2.24, 2.45) is 0 Å². The van der Waals surface area contributed by atoms with Crippen molar-refractivity contribution < 1.29 is 19.4 Å². The SMILES string of the molecule is COc1ccc(CNC(=O)c2cccc(-c3ccc(O)c(C=O)c3)c2)cc1. The highest BCUT2D eigenvalue weighted by Gasteiger charge is 2.09. The first-order valence-corrected chi connectivity index (χ1v) is 8.40. The topological polar surface area (TPSA) is 75.6 Å². The Balaban J connectivity index is 1.74. The van der Waals surface area contributed by atoms with E-state index >= 15 is 0 Å². The summed E-state index contributed by atoms with van der Waals surface area (Å²) >= 11 is 0. The van der Waals surface area contributed by atoms with Gasteiger partial charge in [-0.1, -0.05) is 30.3 Å². The van der Waals surface area contributed by atoms with Gasteiger partial charge in [0, 0.05) is 12.1 Å². The number of nitrogens with one attached hydrogen (secondary N) is 1. The Labute approximate surface area is 157 Å². The zero-order valence-electron chi connectivity index (χ0n) is 14.8. The van der Waals surface area contributed by atoms with Crippen LogP contribution in [-0.4, -0.2) is 24.4 Å². The number of phenols is 1. The number of ether oxygens (including phenoxy) is 1. The van der Waals surface area contributed by atoms with E-state index in [-0.39, 0.29) is 17.2 Å². The second-order valence-corrected chi connectivity index (χ2v) is 6.00. The van der Waals surface area contributed by atoms with Gasteiger partial charge in [0.05, 0.1) is 12.7 Å². The van der Waals surface area contributed by atoms with Crippen LogP contribution in [0.25, 0.3) is 11.1 Å². The molecule has 0 radical (unpaired) electrons. The van der Waals surface area contributed by atoms with Crippen molar-refractivity contribution >= 4 is 12.2 Å². The zero-order chi connectivity index (χ0) is 19.2. The molecule has 0 aliphatic heterocycles. The highest BCUT2D eigenvalue weighted by Crippen LogP contribution is 2.25. The van der Waals surface area contributed by atoms with Crippen LogP contribution in [0.5, 0.6) is 11.5 Å². The van der Waals surface area contributed by atoms with E-state index in [1.807, 2.05) is 30.3 Å². The third-order valence-corrected chi connectivity index (χ3v) is 4.22. The molecule has 0 aliphatic rings. The summed E-state index contributed by atoms with van der Waals surface area (Å²) in [6.45, 7) is 0.404. The fourth-order valence-corrected chi connectivity index (χ4v) is 2.70. The minimum Gasteiger partial charge on any atom is -0.507 e. The number of aromatic hydroxyl groups is 1. The normalized spacial score (nSPS) is 10.3. The van der Waals surface area contributed by atoms with E-state index < -0.39 is 0 Å². The smallest absolute Gasteiger partial charge is 0.251 e. The van der Waals surface area contributed by atoms with Crippen molar-refractivity contribution in [3.63, 3.8) is 0 Å². The van der Waals surface area contributed by atoms with Crippen LogP contribution in [0.2, 0.25) is 0 Å². The van der Waals surface area contributed by atoms with Crippen LogP contribution in [0.15, 0.2) is 66.7 Å². The maximum absolute atomic E-state index is 12.5. The van der Waals surface area contributed by atoms with Crippen molar-refractivity contribution in [1.29, 1.82) is 0 Å². The fraction of sp³-hybridized carbons (Fsp3) is 0.0909. The number of rotatable bonds is 6. The van der Waals surface area contributed by atoms with Gasteiger partial charge in [0.25, 0.3) is 5.91 Å². The number of aldehydes is 1. The van der Waals surface area contributed by atoms with E-state index in [4.69, 9.17) is 4.74 Å². The van der Waals surface area contributed by atoms with Gasteiger partial charge >= 0.3 is 0 Å². The fourth-order valence-electron chi connectivity index (χ4n) is 2.70. The molecule has 0 atom stereocenters. The predicted molar refractivity (Wildman–Crippen MR) is 103 cm³/mol. The van der Waals surface area contributed by atoms with E-state index in [2.05, 4.69) is 5.32 Å². The third-order valence-electron chi connectivity index (χ3n) is 4.22. The minimum absolute atomic E-state index is 0.0675. The molecule has 0 fully saturated rings. The average molecular weight is 361 g/mol. The predicted octanol–water partition coefficient (Wildman–Crippen LogP) is 3.81. The van der Waals surface area contributed by atoms with Crippen molar-refractivity contribution in [3.8, 4) is 22.6 Å². The van der Waals surface area contributed by atoms with Crippen LogP contribution in [0.4, 0.5) is 0 Å². The molecule has 0 saturated carbocycles. The molecule has 5 nitrogen and oxygen atoms in total. The maximum Gasteiger partial charge on any atom is 0.251 e. The van der Waals surface area contributed by atoms with Crippen LogP contribution in [0.1, 0.15) is 26.3 Å². The summed E-state index contributed by atoms with van der Waals surface area (Å²) < 4.78 is 5.12. The lowest BCUT2D eigenvalue weighted by molar-refractivity contribution is 0.0950. The van der Waals surface area contributed by atoms with E-state index in [0.29, 0.717) is 18.4 Å². The molecular weight excluding hydrogens is 342 g/mol. The number of carbonyl (C=O) groups excluding carboxylic acids is 2. The Morgan fingerprint density at radius 1 is 1.04 bits per heavy atom. The summed E-state index contributed by atoms with van der Waals surface area (Å²) in [4.78, 5) is 23.5. The second-order valence-electron chi connectivity index (χ2n) is 6.00. The van der Waals surface area contributed by atoms with Gasteiger partial charge in [-0.25, -0.2) is 0 Å². The van der Waals surface area contributed by atoms with Crippen molar-refractivity contribution in [2.75, 3.05) is 7.11 Å². The number of hydrogen-bond acceptors (Lipinski definition) is 4. The molecule has 3 rings (SSSR count). The summed E-state index contributed by atoms with van der Waals surface area (Å²) in [7, 11) is 1.61. The number of benzene rings is 3. The van der Waals surface area contributed by atoms with Crippen LogP contribution < -0.4 is 10.1 Å². The largest absolute Gasteiger partial charge is 0.507 e. The first kappa shape index (κ1) is 18.2. The van der Waals surface area contributed by atoms with E-state index in [1.54, 1.807) is 37.4 Å². The molecule has 136 valence electrons. The Hall–Kier alpha value is -3.60. The van der Waals surface area contributed by atoms with E-state index in [1.165, 1.54) is 6.07 Å². The zero-order valence-corrected chi connectivity index (χ0v) is 14.8. The molecular formula is C22H19NO4. The molecule has 0 heterocycles. The lowest BCUT2D eigenvalue weighted by Crippen LogP contribution is -2.22. The molecule has 3 aromatic carbocycles. The molecule has 0 saturated heterocycles. The highest BCUT2D eigenvalue weighted by atomic mass is 16.5. The van der Waals surface area contributed by atoms with Gasteiger partial charge in [-0.15, -0.1) is 0 Å². The second kappa shape index (κ2) is 8.19. The van der Waals surface area contributed by atoms with Gasteiger partial charge < -0.3 is 15.2 Å². The Kier molecular flexibility index (Phi) is 5.52. The van der Waals surface area contributed by atoms with E-state index in [0.717, 1.165) is 22.4 Å². The van der Waals surface area contributed by atoms with Crippen LogP contribution in [0.3, 0.4) is 0 Å². The quantitative estimate of drug-likeness (QED) is 0.655. The molecule has 0 aliphatic carbocycles. The van der Waals surface area contributed by atoms with Gasteiger partial charge in [0.2, 0.25) is 0 Å². The summed E-state index contributed by atoms with van der Waals surface area (Å²) in [6.07, 6.45) is 0.601. The summed E-state index contributed by atoms with van der Waals surface area (Å²) in [5.41, 5.74) is 3.23. The third kappa shape index (κ3) is 4.33. The monoisotopic (exact) mass is 361 g/mol. The van der Waals surface area contributed by atoms with Crippen molar-refractivity contribution in [3.05, 3.63) is 83.4 Å². The molecule has 3 aromatic rings. The molecule has 0 spiro atoms. The Bertz CT molecular complexity index is 964. The van der Waals surface area contributed by atoms with Gasteiger partial charge in [0.15, 0.2) is 6.29 Å². The van der Waals surface area contributed by atoms with Gasteiger partial charge in [-0.2, -0.15) is 0 Å². The first-order chi connectivity index (χ1) is 13.1. The lowest BCUT2D eigenvalue weighted by Gasteiger charge is -2.09.